The van der Waals surface area contributed by atoms with Gasteiger partial charge in [0.1, 0.15) is 0 Å². The molecule has 0 heterocycles. The molecule has 0 radical (unpaired) electrons. The summed E-state index contributed by atoms with van der Waals surface area (Å²) in [7, 11) is 8.22. The quantitative estimate of drug-likeness (QED) is 0.494. The molecule has 0 bridgehead atoms. The van der Waals surface area contributed by atoms with Gasteiger partial charge in [0, 0.05) is 51.8 Å². The second-order valence-electron chi connectivity index (χ2n) is 7.52. The zero-order valence-corrected chi connectivity index (χ0v) is 19.0. The van der Waals surface area contributed by atoms with Gasteiger partial charge in [-0.2, -0.15) is 0 Å². The Morgan fingerprint density at radius 3 is 1.80 bits per heavy atom. The first-order valence-electron chi connectivity index (χ1n) is 10.5. The van der Waals surface area contributed by atoms with E-state index in [1.807, 2.05) is 0 Å². The third-order valence-corrected chi connectivity index (χ3v) is 4.65. The normalized spacial score (nSPS) is 12.2. The van der Waals surface area contributed by atoms with Crippen LogP contribution < -0.4 is 15.1 Å². The van der Waals surface area contributed by atoms with Crippen LogP contribution in [0.4, 0.5) is 11.4 Å². The first kappa shape index (κ1) is 23.1. The molecule has 0 aliphatic heterocycles. The zero-order valence-electron chi connectivity index (χ0n) is 19.0. The Morgan fingerprint density at radius 1 is 0.767 bits per heavy atom. The summed E-state index contributed by atoms with van der Waals surface area (Å²) >= 11 is 0. The van der Waals surface area contributed by atoms with Gasteiger partial charge in [0.15, 0.2) is 0 Å². The lowest BCUT2D eigenvalue weighted by molar-refractivity contribution is 0.880. The fourth-order valence-electron chi connectivity index (χ4n) is 2.86. The third kappa shape index (κ3) is 8.04. The largest absolute Gasteiger partial charge is 0.385 e. The van der Waals surface area contributed by atoms with Gasteiger partial charge in [0.25, 0.3) is 0 Å². The molecular formula is C27H35N3. The van der Waals surface area contributed by atoms with Gasteiger partial charge in [0.05, 0.1) is 0 Å². The van der Waals surface area contributed by atoms with Crippen molar-refractivity contribution in [2.24, 2.45) is 0 Å². The van der Waals surface area contributed by atoms with Crippen molar-refractivity contribution in [3.8, 4) is 0 Å². The summed E-state index contributed by atoms with van der Waals surface area (Å²) in [6.07, 6.45) is 15.9. The standard InChI is InChI=1S/C27H35N3/c1-6-28-25(18-13-24-16-21-27(22-17-24)30(4)5)12-10-8-7-9-11-23-14-19-26(20-15-23)29(2)3/h8-22,28H,6-7H2,1-5H3/b10-8-,11-9+,18-13+,25-12-. The maximum Gasteiger partial charge on any atom is 0.0361 e. The van der Waals surface area contributed by atoms with Gasteiger partial charge in [-0.05, 0) is 60.9 Å². The highest BCUT2D eigenvalue weighted by atomic mass is 15.1. The average molecular weight is 402 g/mol. The Bertz CT molecular complexity index is 867. The molecule has 0 aromatic heterocycles. The number of benzene rings is 2. The lowest BCUT2D eigenvalue weighted by atomic mass is 10.1. The van der Waals surface area contributed by atoms with Crippen molar-refractivity contribution >= 4 is 23.5 Å². The minimum Gasteiger partial charge on any atom is -0.385 e. The maximum atomic E-state index is 3.41. The van der Waals surface area contributed by atoms with Crippen LogP contribution in [0.1, 0.15) is 24.5 Å². The lowest BCUT2D eigenvalue weighted by Crippen LogP contribution is -2.09. The molecule has 0 saturated heterocycles. The highest BCUT2D eigenvalue weighted by Gasteiger charge is 1.95. The summed E-state index contributed by atoms with van der Waals surface area (Å²) in [5, 5.41) is 3.41. The summed E-state index contributed by atoms with van der Waals surface area (Å²) in [4.78, 5) is 4.22. The molecule has 0 aliphatic rings. The molecule has 2 rings (SSSR count). The molecule has 3 heteroatoms. The van der Waals surface area contributed by atoms with Crippen LogP contribution in [-0.2, 0) is 0 Å². The van der Waals surface area contributed by atoms with Gasteiger partial charge in [0.2, 0.25) is 0 Å². The molecule has 2 aromatic carbocycles. The molecular weight excluding hydrogens is 366 g/mol. The van der Waals surface area contributed by atoms with E-state index in [1.54, 1.807) is 0 Å². The van der Waals surface area contributed by atoms with Crippen molar-refractivity contribution in [1.29, 1.82) is 0 Å². The van der Waals surface area contributed by atoms with Crippen molar-refractivity contribution in [2.45, 2.75) is 13.3 Å². The summed E-state index contributed by atoms with van der Waals surface area (Å²) in [6.45, 7) is 3.01. The van der Waals surface area contributed by atoms with E-state index in [4.69, 9.17) is 0 Å². The summed E-state index contributed by atoms with van der Waals surface area (Å²) in [6, 6.07) is 17.1. The van der Waals surface area contributed by atoms with E-state index in [0.29, 0.717) is 0 Å². The minimum absolute atomic E-state index is 0.895. The Morgan fingerprint density at radius 2 is 1.30 bits per heavy atom. The summed E-state index contributed by atoms with van der Waals surface area (Å²) in [5.41, 5.74) is 5.94. The van der Waals surface area contributed by atoms with Gasteiger partial charge < -0.3 is 15.1 Å². The summed E-state index contributed by atoms with van der Waals surface area (Å²) < 4.78 is 0. The van der Waals surface area contributed by atoms with E-state index < -0.39 is 0 Å². The van der Waals surface area contributed by atoms with Crippen LogP contribution in [0.25, 0.3) is 12.2 Å². The Balaban J connectivity index is 1.90. The molecule has 0 saturated carbocycles. The molecule has 0 fully saturated rings. The number of nitrogens with one attached hydrogen (secondary N) is 1. The van der Waals surface area contributed by atoms with E-state index >= 15 is 0 Å². The lowest BCUT2D eigenvalue weighted by Gasteiger charge is -2.11. The molecule has 30 heavy (non-hydrogen) atoms. The van der Waals surface area contributed by atoms with Gasteiger partial charge >= 0.3 is 0 Å². The highest BCUT2D eigenvalue weighted by Crippen LogP contribution is 2.14. The fraction of sp³-hybridized carbons (Fsp3) is 0.259. The van der Waals surface area contributed by atoms with Crippen LogP contribution in [0, 0.1) is 0 Å². The first-order valence-corrected chi connectivity index (χ1v) is 10.5. The van der Waals surface area contributed by atoms with Crippen LogP contribution in [0.15, 0.2) is 84.6 Å². The Labute approximate surface area is 182 Å². The van der Waals surface area contributed by atoms with Gasteiger partial charge in [-0.25, -0.2) is 0 Å². The number of anilines is 2. The average Bonchev–Trinajstić information content (AvgIpc) is 2.75. The molecule has 3 nitrogen and oxygen atoms in total. The van der Waals surface area contributed by atoms with Gasteiger partial charge in [-0.1, -0.05) is 54.6 Å². The molecule has 0 unspecified atom stereocenters. The van der Waals surface area contributed by atoms with Crippen LogP contribution in [0.2, 0.25) is 0 Å². The number of nitrogens with zero attached hydrogens (tertiary/aromatic N) is 2. The Kier molecular flexibility index (Phi) is 9.53. The topological polar surface area (TPSA) is 18.5 Å². The SMILES string of the molecule is CCNC(=C\C=C/C/C=C/c1ccc(N(C)C)cc1)/C=C/c1ccc(N(C)C)cc1. The van der Waals surface area contributed by atoms with Gasteiger partial charge in [-0.3, -0.25) is 0 Å². The Hall–Kier alpha value is -3.20. The minimum atomic E-state index is 0.895. The van der Waals surface area contributed by atoms with Crippen molar-refractivity contribution in [3.05, 3.63) is 95.7 Å². The van der Waals surface area contributed by atoms with Crippen LogP contribution in [-0.4, -0.2) is 34.7 Å². The maximum absolute atomic E-state index is 3.41. The monoisotopic (exact) mass is 401 g/mol. The second-order valence-corrected chi connectivity index (χ2v) is 7.52. The molecule has 0 amide bonds. The first-order chi connectivity index (χ1) is 14.5. The van der Waals surface area contributed by atoms with Crippen molar-refractivity contribution < 1.29 is 0 Å². The van der Waals surface area contributed by atoms with E-state index in [9.17, 15) is 0 Å². The molecule has 0 aliphatic carbocycles. The number of rotatable bonds is 10. The van der Waals surface area contributed by atoms with E-state index in [1.165, 1.54) is 22.5 Å². The number of likely N-dealkylation sites (N-methyl/N-ethyl adjacent to an activating group) is 1. The molecule has 0 atom stereocenters. The number of hydrogen-bond acceptors (Lipinski definition) is 3. The predicted molar refractivity (Wildman–Crippen MR) is 135 cm³/mol. The van der Waals surface area contributed by atoms with E-state index in [-0.39, 0.29) is 0 Å². The van der Waals surface area contributed by atoms with Crippen LogP contribution >= 0.6 is 0 Å². The fourth-order valence-corrected chi connectivity index (χ4v) is 2.86. The van der Waals surface area contributed by atoms with Crippen LogP contribution in [0.5, 0.6) is 0 Å². The van der Waals surface area contributed by atoms with E-state index in [0.717, 1.165) is 18.7 Å². The van der Waals surface area contributed by atoms with Crippen molar-refractivity contribution in [3.63, 3.8) is 0 Å². The number of hydrogen-bond donors (Lipinski definition) is 1. The van der Waals surface area contributed by atoms with Crippen LogP contribution in [0.3, 0.4) is 0 Å². The van der Waals surface area contributed by atoms with E-state index in [2.05, 4.69) is 141 Å². The van der Waals surface area contributed by atoms with Crippen molar-refractivity contribution in [2.75, 3.05) is 44.5 Å². The molecule has 2 aromatic rings. The zero-order chi connectivity index (χ0) is 21.8. The second kappa shape index (κ2) is 12.4. The smallest absolute Gasteiger partial charge is 0.0361 e. The number of allylic oxidation sites excluding steroid dienone is 5. The third-order valence-electron chi connectivity index (χ3n) is 4.65. The van der Waals surface area contributed by atoms with Gasteiger partial charge in [-0.15, -0.1) is 0 Å². The molecule has 0 spiro atoms. The molecule has 1 N–H and O–H groups in total. The summed E-state index contributed by atoms with van der Waals surface area (Å²) in [5.74, 6) is 0. The predicted octanol–water partition coefficient (Wildman–Crippen LogP) is 5.98. The molecule has 158 valence electrons. The highest BCUT2D eigenvalue weighted by molar-refractivity contribution is 5.58. The van der Waals surface area contributed by atoms with Crippen molar-refractivity contribution in [1.82, 2.24) is 5.32 Å².